The van der Waals surface area contributed by atoms with Gasteiger partial charge in [-0.05, 0) is 24.0 Å². The Labute approximate surface area is 230 Å². The van der Waals surface area contributed by atoms with Crippen LogP contribution in [0.3, 0.4) is 0 Å². The molecule has 1 fully saturated rings. The van der Waals surface area contributed by atoms with E-state index in [9.17, 15) is 14.4 Å². The zero-order chi connectivity index (χ0) is 27.5. The van der Waals surface area contributed by atoms with Gasteiger partial charge in [0, 0.05) is 44.4 Å². The Kier molecular flexibility index (Phi) is 7.83. The summed E-state index contributed by atoms with van der Waals surface area (Å²) in [6.07, 6.45) is 0.0580. The molecule has 0 unspecified atom stereocenters. The van der Waals surface area contributed by atoms with Crippen molar-refractivity contribution in [1.82, 2.24) is 14.7 Å². The number of fused-ring (bicyclic) bond motifs is 1. The molecule has 10 heteroatoms. The van der Waals surface area contributed by atoms with Crippen molar-refractivity contribution in [1.29, 1.82) is 0 Å². The Morgan fingerprint density at radius 2 is 1.67 bits per heavy atom. The molecule has 1 atom stereocenters. The Morgan fingerprint density at radius 3 is 2.36 bits per heavy atom. The molecule has 3 aliphatic heterocycles. The number of amidine groups is 1. The summed E-state index contributed by atoms with van der Waals surface area (Å²) < 4.78 is 20.9. The topological polar surface area (TPSA) is 82.5 Å². The molecule has 2 aromatic rings. The quantitative estimate of drug-likeness (QED) is 0.503. The normalized spacial score (nSPS) is 18.9. The number of amides is 2. The summed E-state index contributed by atoms with van der Waals surface area (Å²) in [6, 6.07) is 14.8. The van der Waals surface area contributed by atoms with Crippen LogP contribution in [-0.2, 0) is 25.7 Å². The molecule has 2 aromatic carbocycles. The van der Waals surface area contributed by atoms with E-state index in [0.717, 1.165) is 5.56 Å². The zero-order valence-corrected chi connectivity index (χ0v) is 22.6. The van der Waals surface area contributed by atoms with Gasteiger partial charge in [-0.15, -0.1) is 0 Å². The fourth-order valence-corrected chi connectivity index (χ4v) is 5.92. The monoisotopic (exact) mass is 548 g/mol. The van der Waals surface area contributed by atoms with Gasteiger partial charge in [-0.1, -0.05) is 60.3 Å². The third kappa shape index (κ3) is 5.61. The van der Waals surface area contributed by atoms with E-state index in [2.05, 4.69) is 4.99 Å². The number of halogens is 1. The second kappa shape index (κ2) is 11.4. The van der Waals surface area contributed by atoms with Gasteiger partial charge in [0.1, 0.15) is 12.4 Å². The second-order valence-corrected chi connectivity index (χ2v) is 10.4. The zero-order valence-electron chi connectivity index (χ0n) is 21.8. The van der Waals surface area contributed by atoms with E-state index in [-0.39, 0.29) is 30.4 Å². The minimum absolute atomic E-state index is 0.00673. The first kappa shape index (κ1) is 26.7. The van der Waals surface area contributed by atoms with E-state index in [0.29, 0.717) is 48.3 Å². The van der Waals surface area contributed by atoms with Crippen molar-refractivity contribution in [3.63, 3.8) is 0 Å². The number of hydrogen-bond acceptors (Lipinski definition) is 7. The number of carbonyl (C=O) groups excluding carboxylic acids is 3. The van der Waals surface area contributed by atoms with Crippen molar-refractivity contribution in [3.8, 4) is 0 Å². The van der Waals surface area contributed by atoms with Crippen molar-refractivity contribution in [3.05, 3.63) is 93.9 Å². The number of esters is 1. The van der Waals surface area contributed by atoms with Crippen molar-refractivity contribution in [2.45, 2.75) is 32.9 Å². The van der Waals surface area contributed by atoms with Crippen LogP contribution in [0.2, 0.25) is 0 Å². The third-order valence-corrected chi connectivity index (χ3v) is 7.93. The first-order chi connectivity index (χ1) is 18.8. The maximum Gasteiger partial charge on any atom is 0.338 e. The maximum absolute atomic E-state index is 15.3. The highest BCUT2D eigenvalue weighted by Crippen LogP contribution is 2.45. The van der Waals surface area contributed by atoms with Crippen LogP contribution in [0.15, 0.2) is 82.0 Å². The van der Waals surface area contributed by atoms with Crippen LogP contribution in [-0.4, -0.2) is 63.8 Å². The average molecular weight is 549 g/mol. The minimum Gasteiger partial charge on any atom is -0.457 e. The Hall–Kier alpha value is -3.92. The number of ether oxygens (including phenoxy) is 1. The lowest BCUT2D eigenvalue weighted by Gasteiger charge is -2.38. The number of allylic oxidation sites excluding steroid dienone is 1. The Balaban J connectivity index is 1.41. The first-order valence-electron chi connectivity index (χ1n) is 12.8. The highest BCUT2D eigenvalue weighted by atomic mass is 32.2. The summed E-state index contributed by atoms with van der Waals surface area (Å²) in [7, 11) is 0. The lowest BCUT2D eigenvalue weighted by atomic mass is 9.93. The van der Waals surface area contributed by atoms with Crippen molar-refractivity contribution >= 4 is 34.7 Å². The highest BCUT2D eigenvalue weighted by Gasteiger charge is 2.42. The maximum atomic E-state index is 15.3. The molecular weight excluding hydrogens is 519 g/mol. The van der Waals surface area contributed by atoms with Crippen molar-refractivity contribution < 1.29 is 23.5 Å². The van der Waals surface area contributed by atoms with Gasteiger partial charge in [0.15, 0.2) is 5.17 Å². The van der Waals surface area contributed by atoms with Crippen LogP contribution in [0.4, 0.5) is 4.39 Å². The molecule has 8 nitrogen and oxygen atoms in total. The summed E-state index contributed by atoms with van der Waals surface area (Å²) in [6.45, 7) is 5.19. The number of rotatable bonds is 6. The van der Waals surface area contributed by atoms with Gasteiger partial charge in [0.2, 0.25) is 11.8 Å². The van der Waals surface area contributed by atoms with E-state index in [1.165, 1.54) is 24.8 Å². The molecule has 1 saturated heterocycles. The van der Waals surface area contributed by atoms with Crippen LogP contribution in [0.1, 0.15) is 37.4 Å². The summed E-state index contributed by atoms with van der Waals surface area (Å²) in [5.74, 6) is -1.16. The van der Waals surface area contributed by atoms with Gasteiger partial charge in [-0.25, -0.2) is 14.2 Å². The highest BCUT2D eigenvalue weighted by molar-refractivity contribution is 8.16. The average Bonchev–Trinajstić information content (AvgIpc) is 3.33. The second-order valence-electron chi connectivity index (χ2n) is 9.54. The van der Waals surface area contributed by atoms with Gasteiger partial charge in [0.25, 0.3) is 0 Å². The number of piperazine rings is 1. The Morgan fingerprint density at radius 1 is 1.00 bits per heavy atom. The molecular formula is C29H29FN4O4S. The smallest absolute Gasteiger partial charge is 0.338 e. The lowest BCUT2D eigenvalue weighted by molar-refractivity contribution is -0.141. The van der Waals surface area contributed by atoms with Gasteiger partial charge in [-0.2, -0.15) is 0 Å². The molecule has 202 valence electrons. The fourth-order valence-electron chi connectivity index (χ4n) is 4.96. The SMILES string of the molecule is CC(=O)N1CCN(C(=O)CC2=CSC3=NC(C)=C(C(=O)OCc4ccccc4)[C@@H](c4ccccc4F)N23)CC1. The van der Waals surface area contributed by atoms with Gasteiger partial charge in [0.05, 0.1) is 23.7 Å². The lowest BCUT2D eigenvalue weighted by Crippen LogP contribution is -2.50. The van der Waals surface area contributed by atoms with Gasteiger partial charge in [-0.3, -0.25) is 9.59 Å². The summed E-state index contributed by atoms with van der Waals surface area (Å²) in [5, 5.41) is 2.41. The largest absolute Gasteiger partial charge is 0.457 e. The van der Waals surface area contributed by atoms with E-state index >= 15 is 4.39 Å². The number of hydrogen-bond donors (Lipinski definition) is 0. The molecule has 5 rings (SSSR count). The number of nitrogens with zero attached hydrogens (tertiary/aromatic N) is 4. The van der Waals surface area contributed by atoms with E-state index < -0.39 is 17.8 Å². The van der Waals surface area contributed by atoms with Gasteiger partial charge < -0.3 is 19.4 Å². The molecule has 0 N–H and O–H groups in total. The number of carbonyl (C=O) groups is 3. The first-order valence-corrected chi connectivity index (χ1v) is 13.6. The third-order valence-electron chi connectivity index (χ3n) is 7.04. The van der Waals surface area contributed by atoms with Crippen molar-refractivity contribution in [2.24, 2.45) is 4.99 Å². The van der Waals surface area contributed by atoms with Crippen molar-refractivity contribution in [2.75, 3.05) is 26.2 Å². The predicted octanol–water partition coefficient (Wildman–Crippen LogP) is 4.22. The van der Waals surface area contributed by atoms with E-state index in [1.54, 1.807) is 39.8 Å². The number of thioether (sulfide) groups is 1. The van der Waals surface area contributed by atoms with E-state index in [1.807, 2.05) is 35.7 Å². The Bertz CT molecular complexity index is 1380. The molecule has 0 radical (unpaired) electrons. The minimum atomic E-state index is -0.842. The number of aliphatic imine (C=N–C) groups is 1. The van der Waals surface area contributed by atoms with Crippen LogP contribution in [0.25, 0.3) is 0 Å². The molecule has 0 saturated carbocycles. The molecule has 39 heavy (non-hydrogen) atoms. The molecule has 0 aromatic heterocycles. The summed E-state index contributed by atoms with van der Waals surface area (Å²) in [4.78, 5) is 48.3. The summed E-state index contributed by atoms with van der Waals surface area (Å²) in [5.41, 5.74) is 2.44. The molecule has 3 aliphatic rings. The molecule has 0 spiro atoms. The predicted molar refractivity (Wildman–Crippen MR) is 146 cm³/mol. The van der Waals surface area contributed by atoms with Gasteiger partial charge >= 0.3 is 5.97 Å². The van der Waals surface area contributed by atoms with Crippen LogP contribution in [0.5, 0.6) is 0 Å². The van der Waals surface area contributed by atoms with Crippen LogP contribution >= 0.6 is 11.8 Å². The number of benzene rings is 2. The molecule has 0 bridgehead atoms. The van der Waals surface area contributed by atoms with Crippen LogP contribution < -0.4 is 0 Å². The molecule has 0 aliphatic carbocycles. The summed E-state index contributed by atoms with van der Waals surface area (Å²) >= 11 is 1.34. The standard InChI is InChI=1S/C29H29FN4O4S/c1-19-26(28(37)38-17-21-8-4-3-5-9-21)27(23-10-6-7-11-24(23)30)34-22(18-39-29(34)31-19)16-25(36)33-14-12-32(13-15-33)20(2)35/h3-11,18,27H,12-17H2,1-2H3/t27-/m1/s1. The fraction of sp³-hybridized carbons (Fsp3) is 0.310. The molecule has 2 amide bonds. The van der Waals surface area contributed by atoms with E-state index in [4.69, 9.17) is 4.74 Å². The molecule has 3 heterocycles. The van der Waals surface area contributed by atoms with Crippen LogP contribution in [0, 0.1) is 5.82 Å².